The molecule has 4 rings (SSSR count). The van der Waals surface area contributed by atoms with Crippen LogP contribution in [-0.2, 0) is 5.75 Å². The van der Waals surface area contributed by atoms with Gasteiger partial charge in [0.2, 0.25) is 0 Å². The number of rotatable bonds is 7. The molecule has 0 saturated heterocycles. The summed E-state index contributed by atoms with van der Waals surface area (Å²) in [6.07, 6.45) is 1.73. The summed E-state index contributed by atoms with van der Waals surface area (Å²) < 4.78 is 12.9. The van der Waals surface area contributed by atoms with Crippen LogP contribution in [0.5, 0.6) is 11.5 Å². The molecule has 0 spiro atoms. The largest absolute Gasteiger partial charge is 0.493 e. The van der Waals surface area contributed by atoms with Crippen molar-refractivity contribution in [2.75, 3.05) is 14.2 Å². The Labute approximate surface area is 171 Å². The number of hydrogen-bond donors (Lipinski definition) is 0. The molecule has 0 aliphatic heterocycles. The number of aromatic nitrogens is 4. The molecule has 0 bridgehead atoms. The SMILES string of the molecule is COc1cccc(-c2nc(CSc3nncn3-c3ccccc3)cs2)c1OC. The fourth-order valence-electron chi connectivity index (χ4n) is 2.78. The Hall–Kier alpha value is -2.84. The van der Waals surface area contributed by atoms with Gasteiger partial charge in [-0.2, -0.15) is 0 Å². The van der Waals surface area contributed by atoms with Crippen molar-refractivity contribution >= 4 is 23.1 Å². The smallest absolute Gasteiger partial charge is 0.195 e. The van der Waals surface area contributed by atoms with E-state index in [-0.39, 0.29) is 0 Å². The Bertz CT molecular complexity index is 1060. The van der Waals surface area contributed by atoms with Crippen LogP contribution in [0, 0.1) is 0 Å². The van der Waals surface area contributed by atoms with E-state index in [9.17, 15) is 0 Å². The highest BCUT2D eigenvalue weighted by molar-refractivity contribution is 7.98. The van der Waals surface area contributed by atoms with Gasteiger partial charge in [0.25, 0.3) is 0 Å². The predicted molar refractivity (Wildman–Crippen MR) is 112 cm³/mol. The summed E-state index contributed by atoms with van der Waals surface area (Å²) in [7, 11) is 3.27. The molecule has 2 aromatic carbocycles. The van der Waals surface area contributed by atoms with Crippen LogP contribution in [-0.4, -0.2) is 34.0 Å². The average molecular weight is 411 g/mol. The molecular formula is C20H18N4O2S2. The standard InChI is InChI=1S/C20H18N4O2S2/c1-25-17-10-6-9-16(18(17)26-2)19-22-14(11-27-19)12-28-20-23-21-13-24(20)15-7-4-3-5-8-15/h3-11,13H,12H2,1-2H3. The quantitative estimate of drug-likeness (QED) is 0.412. The Morgan fingerprint density at radius 3 is 2.68 bits per heavy atom. The molecule has 0 radical (unpaired) electrons. The lowest BCUT2D eigenvalue weighted by Gasteiger charge is -2.10. The van der Waals surface area contributed by atoms with Crippen molar-refractivity contribution in [1.29, 1.82) is 0 Å². The monoisotopic (exact) mass is 410 g/mol. The van der Waals surface area contributed by atoms with Crippen LogP contribution in [0.15, 0.2) is 65.4 Å². The maximum absolute atomic E-state index is 5.53. The highest BCUT2D eigenvalue weighted by atomic mass is 32.2. The Balaban J connectivity index is 1.53. The number of hydrogen-bond acceptors (Lipinski definition) is 7. The second-order valence-corrected chi connectivity index (χ2v) is 7.59. The summed E-state index contributed by atoms with van der Waals surface area (Å²) >= 11 is 3.19. The fraction of sp³-hybridized carbons (Fsp3) is 0.150. The molecule has 2 aromatic heterocycles. The molecule has 142 valence electrons. The van der Waals surface area contributed by atoms with Crippen LogP contribution in [0.4, 0.5) is 0 Å². The molecule has 0 unspecified atom stereocenters. The van der Waals surface area contributed by atoms with E-state index in [0.717, 1.165) is 27.1 Å². The lowest BCUT2D eigenvalue weighted by molar-refractivity contribution is 0.356. The van der Waals surface area contributed by atoms with Gasteiger partial charge in [-0.25, -0.2) is 4.98 Å². The molecule has 2 heterocycles. The zero-order valence-electron chi connectivity index (χ0n) is 15.4. The number of methoxy groups -OCH3 is 2. The molecule has 0 aliphatic carbocycles. The van der Waals surface area contributed by atoms with Gasteiger partial charge in [0.1, 0.15) is 11.3 Å². The third kappa shape index (κ3) is 3.74. The second kappa shape index (κ2) is 8.45. The minimum atomic E-state index is 0.696. The maximum atomic E-state index is 5.53. The van der Waals surface area contributed by atoms with Gasteiger partial charge in [-0.15, -0.1) is 21.5 Å². The van der Waals surface area contributed by atoms with Crippen LogP contribution in [0.2, 0.25) is 0 Å². The van der Waals surface area contributed by atoms with Gasteiger partial charge in [-0.05, 0) is 24.3 Å². The van der Waals surface area contributed by atoms with Crippen molar-refractivity contribution < 1.29 is 9.47 Å². The first-order chi connectivity index (χ1) is 13.8. The normalized spacial score (nSPS) is 10.8. The van der Waals surface area contributed by atoms with Crippen LogP contribution in [0.25, 0.3) is 16.3 Å². The van der Waals surface area contributed by atoms with Gasteiger partial charge in [-0.3, -0.25) is 4.57 Å². The third-order valence-corrected chi connectivity index (χ3v) is 5.99. The first-order valence-electron chi connectivity index (χ1n) is 8.54. The molecule has 0 N–H and O–H groups in total. The zero-order valence-corrected chi connectivity index (χ0v) is 17.0. The molecular weight excluding hydrogens is 392 g/mol. The first-order valence-corrected chi connectivity index (χ1v) is 10.4. The van der Waals surface area contributed by atoms with Gasteiger partial charge >= 0.3 is 0 Å². The molecule has 0 saturated carbocycles. The fourth-order valence-corrected chi connectivity index (χ4v) is 4.55. The summed E-state index contributed by atoms with van der Waals surface area (Å²) in [6, 6.07) is 15.9. The molecule has 0 aliphatic rings. The second-order valence-electron chi connectivity index (χ2n) is 5.79. The number of benzene rings is 2. The lowest BCUT2D eigenvalue weighted by atomic mass is 10.2. The molecule has 4 aromatic rings. The average Bonchev–Trinajstić information content (AvgIpc) is 3.41. The first kappa shape index (κ1) is 18.5. The molecule has 0 atom stereocenters. The summed E-state index contributed by atoms with van der Waals surface area (Å²) in [5, 5.41) is 12.1. The summed E-state index contributed by atoms with van der Waals surface area (Å²) in [6.45, 7) is 0. The highest BCUT2D eigenvalue weighted by Gasteiger charge is 2.15. The summed E-state index contributed by atoms with van der Waals surface area (Å²) in [4.78, 5) is 4.77. The van der Waals surface area contributed by atoms with Crippen molar-refractivity contribution in [3.63, 3.8) is 0 Å². The summed E-state index contributed by atoms with van der Waals surface area (Å²) in [5.74, 6) is 2.10. The number of ether oxygens (including phenoxy) is 2. The van der Waals surface area contributed by atoms with Crippen LogP contribution < -0.4 is 9.47 Å². The Kier molecular flexibility index (Phi) is 5.59. The van der Waals surface area contributed by atoms with Crippen LogP contribution in [0.3, 0.4) is 0 Å². The van der Waals surface area contributed by atoms with E-state index in [4.69, 9.17) is 14.5 Å². The van der Waals surface area contributed by atoms with Crippen molar-refractivity contribution in [2.45, 2.75) is 10.9 Å². The Morgan fingerprint density at radius 2 is 1.89 bits per heavy atom. The van der Waals surface area contributed by atoms with Gasteiger partial charge in [0.15, 0.2) is 16.7 Å². The van der Waals surface area contributed by atoms with Crippen molar-refractivity contribution in [3.8, 4) is 27.8 Å². The Morgan fingerprint density at radius 1 is 1.04 bits per heavy atom. The molecule has 8 heteroatoms. The van der Waals surface area contributed by atoms with Crippen LogP contribution >= 0.6 is 23.1 Å². The predicted octanol–water partition coefficient (Wildman–Crippen LogP) is 4.70. The van der Waals surface area contributed by atoms with Gasteiger partial charge < -0.3 is 9.47 Å². The van der Waals surface area contributed by atoms with E-state index in [2.05, 4.69) is 15.6 Å². The number of thiazole rings is 1. The summed E-state index contributed by atoms with van der Waals surface area (Å²) in [5.41, 5.74) is 2.95. The molecule has 6 nitrogen and oxygen atoms in total. The van der Waals surface area contributed by atoms with E-state index in [1.54, 1.807) is 43.6 Å². The van der Waals surface area contributed by atoms with Gasteiger partial charge in [0.05, 0.1) is 25.5 Å². The van der Waals surface area contributed by atoms with E-state index in [1.807, 2.05) is 53.1 Å². The highest BCUT2D eigenvalue weighted by Crippen LogP contribution is 2.39. The van der Waals surface area contributed by atoms with Gasteiger partial charge in [0, 0.05) is 16.8 Å². The van der Waals surface area contributed by atoms with Crippen molar-refractivity contribution in [2.24, 2.45) is 0 Å². The minimum absolute atomic E-state index is 0.696. The lowest BCUT2D eigenvalue weighted by Crippen LogP contribution is -1.95. The van der Waals surface area contributed by atoms with Crippen LogP contribution in [0.1, 0.15) is 5.69 Å². The third-order valence-electron chi connectivity index (χ3n) is 4.09. The topological polar surface area (TPSA) is 62.1 Å². The van der Waals surface area contributed by atoms with E-state index in [1.165, 1.54) is 0 Å². The van der Waals surface area contributed by atoms with Crippen molar-refractivity contribution in [3.05, 3.63) is 65.9 Å². The molecule has 28 heavy (non-hydrogen) atoms. The van der Waals surface area contributed by atoms with Gasteiger partial charge in [-0.1, -0.05) is 36.0 Å². The zero-order chi connectivity index (χ0) is 19.3. The molecule has 0 fully saturated rings. The van der Waals surface area contributed by atoms with E-state index in [0.29, 0.717) is 17.3 Å². The number of nitrogens with zero attached hydrogens (tertiary/aromatic N) is 4. The maximum Gasteiger partial charge on any atom is 0.195 e. The van der Waals surface area contributed by atoms with Crippen molar-refractivity contribution in [1.82, 2.24) is 19.7 Å². The van der Waals surface area contributed by atoms with E-state index < -0.39 is 0 Å². The van der Waals surface area contributed by atoms with E-state index >= 15 is 0 Å². The molecule has 0 amide bonds. The number of thioether (sulfide) groups is 1. The number of para-hydroxylation sites is 2. The minimum Gasteiger partial charge on any atom is -0.493 e.